The van der Waals surface area contributed by atoms with Gasteiger partial charge < -0.3 is 78.2 Å². The molecule has 12 N–H and O–H groups in total. The Hall–Kier alpha value is -12.3. The van der Waals surface area contributed by atoms with Crippen molar-refractivity contribution in [3.05, 3.63) is 319 Å². The van der Waals surface area contributed by atoms with Crippen molar-refractivity contribution in [3.8, 4) is 11.5 Å². The maximum Gasteiger partial charge on any atom is 0.259 e. The molecule has 47 heteroatoms. The number of aromatic nitrogens is 12. The van der Waals surface area contributed by atoms with Crippen LogP contribution < -0.4 is 78.2 Å². The van der Waals surface area contributed by atoms with E-state index in [-0.39, 0.29) is 66.0 Å². The number of pyridine rings is 12. The number of rotatable bonds is 14. The summed E-state index contributed by atoms with van der Waals surface area (Å²) in [4.78, 5) is 129. The van der Waals surface area contributed by atoms with Gasteiger partial charge in [0.2, 0.25) is 5.95 Å². The first kappa shape index (κ1) is 114. The van der Waals surface area contributed by atoms with Gasteiger partial charge in [0, 0.05) is 96.4 Å². The molecule has 143 heavy (non-hydrogen) atoms. The number of ether oxygens (including phenoxy) is 2. The van der Waals surface area contributed by atoms with E-state index in [1.165, 1.54) is 19.3 Å². The third kappa shape index (κ3) is 30.2. The number of halogens is 14. The average molecular weight is 2360 g/mol. The molecule has 15 heterocycles. The number of methoxy groups -OCH3 is 2. The number of benzene rings is 2. The van der Waals surface area contributed by atoms with Crippen LogP contribution in [0.2, 0.25) is 41.2 Å². The van der Waals surface area contributed by atoms with Gasteiger partial charge in [0.25, 0.3) is 35.4 Å². The number of nitrogens with two attached hydrogens (primary N) is 2. The highest BCUT2D eigenvalue weighted by Crippen LogP contribution is 2.43. The van der Waals surface area contributed by atoms with Gasteiger partial charge in [-0.25, -0.2) is 49.8 Å². The smallest absolute Gasteiger partial charge is 0.259 e. The Morgan fingerprint density at radius 3 is 1.19 bits per heavy atom. The van der Waals surface area contributed by atoms with E-state index in [2.05, 4.69) is 167 Å². The molecular weight excluding hydrogens is 2270 g/mol. The Morgan fingerprint density at radius 2 is 0.783 bits per heavy atom. The zero-order valence-corrected chi connectivity index (χ0v) is 91.1. The van der Waals surface area contributed by atoms with Gasteiger partial charge in [0.1, 0.15) is 66.4 Å². The molecule has 12 aromatic heterocycles. The molecule has 0 bridgehead atoms. The topological polar surface area (TPSA) is 434 Å². The number of fused-ring (bicyclic) bond motifs is 6. The van der Waals surface area contributed by atoms with Crippen molar-refractivity contribution in [1.82, 2.24) is 59.8 Å². The van der Waals surface area contributed by atoms with Crippen molar-refractivity contribution in [2.75, 3.05) is 114 Å². The lowest BCUT2D eigenvalue weighted by atomic mass is 10.1. The van der Waals surface area contributed by atoms with Crippen molar-refractivity contribution >= 4 is 273 Å². The molecule has 17 rings (SSSR count). The Labute approximate surface area is 895 Å². The van der Waals surface area contributed by atoms with Crippen LogP contribution in [0.15, 0.2) is 189 Å². The molecule has 6 amide bonds. The van der Waals surface area contributed by atoms with Gasteiger partial charge in [-0.15, -0.1) is 0 Å². The number of alkyl halides is 1. The number of nitrogens with one attached hydrogen (secondary N) is 8. The minimum atomic E-state index is -0.595. The van der Waals surface area contributed by atoms with Crippen molar-refractivity contribution in [3.63, 3.8) is 0 Å². The Morgan fingerprint density at radius 1 is 0.427 bits per heavy atom. The van der Waals surface area contributed by atoms with Gasteiger partial charge in [0.15, 0.2) is 32.9 Å². The standard InChI is InChI=1S/C21H20BrN5O2.C14H13Cl2N3O.C13H11BrCl2N4O.C13H10BrClN4O.C13H10BrFN4O.C12H8Cl3N3O.C8H11NO.CH3F.CH5N/c1-12-8-17(23-10-13-4-6-15(29-3)7-5-13)25-20-18(12)26-21(28)16-9-14(22)11-24-19(16)27(20)2;1-3-10-9(5-4-6-17-10)14(20)19-12-8(2)7-11(15)18-13(12)16;1-6-3-9(15)19-11(16)10(6)20-13(21)8-4-7(14)5-18-12(8)17-2;2*1-6-3-9(15)17-12-10(6)18-13(20)8-4-7(14)5-16-11(8)19(12)2;1-6-5-8(13)17-11(15)9(6)18-12(19)7-3-2-4-16-10(7)14;1-10-8-4-2-7(6-9)3-5-8;2*1-2/h4-9,11H,10H2,1-3H3,(H,23,25)(H,26,28);4-7H,3H2,1-2H3,(H,19,20);3-5H,1-2H3,(H,17,18)(H,20,21);2*3-5H,1-2H3,(H,18,20);2-5H,1H3,(H,18,19);2-5H,6,9H2,1H3;1H3;2H2,1H3. The first-order chi connectivity index (χ1) is 68.2. The van der Waals surface area contributed by atoms with Crippen LogP contribution in [0.25, 0.3) is 0 Å². The number of nitrogens with zero attached hydrogens (tertiary/aromatic N) is 15. The maximum absolute atomic E-state index is 13.5. The first-order valence-electron chi connectivity index (χ1n) is 42.1. The Kier molecular flexibility index (Phi) is 43.0. The van der Waals surface area contributed by atoms with Crippen LogP contribution >= 0.6 is 157 Å². The van der Waals surface area contributed by atoms with Crippen molar-refractivity contribution < 1.29 is 47.0 Å². The fraction of sp³-hybridized carbons (Fsp3) is 0.188. The number of amides is 6. The minimum Gasteiger partial charge on any atom is -0.497 e. The zero-order valence-electron chi connectivity index (χ0n) is 78.7. The van der Waals surface area contributed by atoms with Gasteiger partial charge >= 0.3 is 0 Å². The molecule has 3 aliphatic heterocycles. The van der Waals surface area contributed by atoms with Gasteiger partial charge in [0.05, 0.1) is 94.6 Å². The highest BCUT2D eigenvalue weighted by atomic mass is 79.9. The van der Waals surface area contributed by atoms with E-state index in [1.54, 1.807) is 170 Å². The lowest BCUT2D eigenvalue weighted by Crippen LogP contribution is -2.16. The number of aryl methyl sites for hydroxylation is 7. The summed E-state index contributed by atoms with van der Waals surface area (Å²) in [7, 11) is 12.4. The lowest BCUT2D eigenvalue weighted by molar-refractivity contribution is 0.101. The molecule has 0 atom stereocenters. The summed E-state index contributed by atoms with van der Waals surface area (Å²) < 4.78 is 36.1. The molecule has 0 saturated carbocycles. The van der Waals surface area contributed by atoms with E-state index < -0.39 is 11.9 Å². The molecule has 746 valence electrons. The predicted octanol–water partition coefficient (Wildman–Crippen LogP) is 24.4. The SMILES string of the molecule is CCc1ncccc1C(=O)Nc1c(C)cc(Cl)nc1Cl.CF.CN.CNc1ncc(Br)cc1C(=O)Nc1c(C)cc(Cl)nc1Cl.COc1ccc(CN)cc1.COc1ccc(CNc2cc(C)c3c(n2)N(C)c2ncc(Br)cc2C(=O)N3)cc1.Cc1cc(Cl)nc(Cl)c1NC(=O)c1cccnc1Cl.Cc1cc(Cl)nc2c1NC(=O)c1cc(Br)cnc1N2C.Cc1cc(F)nc2c1NC(=O)c1cc(Br)cnc1N2C. The van der Waals surface area contributed by atoms with Crippen molar-refractivity contribution in [1.29, 1.82) is 0 Å². The van der Waals surface area contributed by atoms with Gasteiger partial charge in [-0.3, -0.25) is 38.1 Å². The number of anilines is 14. The predicted molar refractivity (Wildman–Crippen MR) is 579 cm³/mol. The third-order valence-corrected chi connectivity index (χ3v) is 24.0. The molecule has 2 aromatic carbocycles. The second kappa shape index (κ2) is 53.9. The molecule has 0 aliphatic carbocycles. The van der Waals surface area contributed by atoms with Crippen molar-refractivity contribution in [2.24, 2.45) is 11.5 Å². The van der Waals surface area contributed by atoms with Crippen LogP contribution in [0.3, 0.4) is 0 Å². The Balaban J connectivity index is 0.000000187. The van der Waals surface area contributed by atoms with Gasteiger partial charge in [-0.1, -0.05) is 124 Å². The van der Waals surface area contributed by atoms with Crippen molar-refractivity contribution in [2.45, 2.75) is 68.0 Å². The van der Waals surface area contributed by atoms with E-state index in [0.717, 1.165) is 65.3 Å². The van der Waals surface area contributed by atoms with Gasteiger partial charge in [-0.05, 0) is 272 Å². The second-order valence-electron chi connectivity index (χ2n) is 29.9. The van der Waals surface area contributed by atoms with E-state index in [9.17, 15) is 37.5 Å². The van der Waals surface area contributed by atoms with Crippen LogP contribution in [-0.4, -0.2) is 152 Å². The van der Waals surface area contributed by atoms with Crippen LogP contribution in [-0.2, 0) is 19.5 Å². The average Bonchev–Trinajstić information content (AvgIpc) is 1.64. The number of hydrogen-bond donors (Lipinski definition) is 10. The fourth-order valence-corrected chi connectivity index (χ4v) is 16.9. The second-order valence-corrected chi connectivity index (χ2v) is 36.6. The normalized spacial score (nSPS) is 11.4. The molecular formula is C96H91Br4Cl8F2N25O8. The van der Waals surface area contributed by atoms with Crippen LogP contribution in [0.4, 0.5) is 89.4 Å². The molecule has 0 saturated heterocycles. The summed E-state index contributed by atoms with van der Waals surface area (Å²) in [5.41, 5.74) is 23.1. The highest BCUT2D eigenvalue weighted by Gasteiger charge is 2.32. The molecule has 33 nitrogen and oxygen atoms in total. The van der Waals surface area contributed by atoms with Gasteiger partial charge in [-0.2, -0.15) is 9.37 Å². The zero-order chi connectivity index (χ0) is 105. The molecule has 0 spiro atoms. The molecule has 3 aliphatic rings. The summed E-state index contributed by atoms with van der Waals surface area (Å²) >= 11 is 60.5. The molecule has 14 aromatic rings. The first-order valence-corrected chi connectivity index (χ1v) is 48.3. The van der Waals surface area contributed by atoms with E-state index in [1.807, 2.05) is 94.4 Å². The quantitative estimate of drug-likeness (QED) is 0.0452. The summed E-state index contributed by atoms with van der Waals surface area (Å²) in [6.45, 7) is 14.0. The maximum atomic E-state index is 13.5. The fourth-order valence-electron chi connectivity index (χ4n) is 13.4. The summed E-state index contributed by atoms with van der Waals surface area (Å²) in [6, 6.07) is 38.9. The molecule has 0 fully saturated rings. The van der Waals surface area contributed by atoms with E-state index >= 15 is 0 Å². The third-order valence-electron chi connectivity index (χ3n) is 20.4. The summed E-state index contributed by atoms with van der Waals surface area (Å²) in [6.07, 6.45) is 10.3. The molecule has 0 unspecified atom stereocenters. The number of carbonyl (C=O) groups excluding carboxylic acids is 6. The largest absolute Gasteiger partial charge is 0.497 e. The number of hydrogen-bond acceptors (Lipinski definition) is 27. The Bertz CT molecular complexity index is 6810. The van der Waals surface area contributed by atoms with E-state index in [0.29, 0.717) is 160 Å². The molecule has 0 radical (unpaired) electrons. The summed E-state index contributed by atoms with van der Waals surface area (Å²) in [5.74, 6) is 3.65. The van der Waals surface area contributed by atoms with E-state index in [4.69, 9.17) is 113 Å². The minimum absolute atomic E-state index is 0.121. The summed E-state index contributed by atoms with van der Waals surface area (Å²) in [5, 5.41) is 24.7. The van der Waals surface area contributed by atoms with Crippen LogP contribution in [0, 0.1) is 47.5 Å². The monoisotopic (exact) mass is 2360 g/mol. The number of carbonyl (C=O) groups is 6. The lowest BCUT2D eigenvalue weighted by Gasteiger charge is -2.20. The van der Waals surface area contributed by atoms with Crippen LogP contribution in [0.1, 0.15) is 119 Å². The highest BCUT2D eigenvalue weighted by molar-refractivity contribution is 9.11. The van der Waals surface area contributed by atoms with Crippen LogP contribution in [0.5, 0.6) is 11.5 Å².